The zero-order valence-corrected chi connectivity index (χ0v) is 13.9. The van der Waals surface area contributed by atoms with Gasteiger partial charge < -0.3 is 21.3 Å². The number of benzene rings is 1. The highest BCUT2D eigenvalue weighted by Crippen LogP contribution is 2.03. The molecule has 6 heteroatoms. The molecule has 0 saturated carbocycles. The van der Waals surface area contributed by atoms with Crippen LogP contribution in [0.15, 0.2) is 30.3 Å². The lowest BCUT2D eigenvalue weighted by atomic mass is 10.1. The average molecular weight is 324 g/mol. The Morgan fingerprint density at radius 3 is 2.17 bits per heavy atom. The summed E-state index contributed by atoms with van der Waals surface area (Å²) in [6, 6.07) is 8.62. The molecule has 1 aromatic rings. The van der Waals surface area contributed by atoms with Gasteiger partial charge in [-0.25, -0.2) is 0 Å². The number of hydrogen-bond donors (Lipinski definition) is 4. The lowest BCUT2D eigenvalue weighted by Crippen LogP contribution is -2.33. The summed E-state index contributed by atoms with van der Waals surface area (Å²) in [5, 5.41) is 19.8. The molecule has 0 fully saturated rings. The van der Waals surface area contributed by atoms with Gasteiger partial charge in [0, 0.05) is 0 Å². The van der Waals surface area contributed by atoms with Crippen LogP contribution in [0.5, 0.6) is 0 Å². The summed E-state index contributed by atoms with van der Waals surface area (Å²) < 4.78 is 0. The first-order valence-electron chi connectivity index (χ1n) is 7.84. The number of rotatable bonds is 9. The summed E-state index contributed by atoms with van der Waals surface area (Å²) in [5.41, 5.74) is 6.49. The third kappa shape index (κ3) is 10.4. The molecular formula is C17H28N2O4. The fourth-order valence-electron chi connectivity index (χ4n) is 1.89. The van der Waals surface area contributed by atoms with E-state index < -0.39 is 18.0 Å². The maximum Gasteiger partial charge on any atom is 0.320 e. The minimum absolute atomic E-state index is 0.361. The molecule has 0 radical (unpaired) electrons. The van der Waals surface area contributed by atoms with E-state index in [1.54, 1.807) is 7.05 Å². The van der Waals surface area contributed by atoms with Gasteiger partial charge in [0.1, 0.15) is 12.1 Å². The summed E-state index contributed by atoms with van der Waals surface area (Å²) in [6.45, 7) is 2.05. The van der Waals surface area contributed by atoms with Gasteiger partial charge in [-0.2, -0.15) is 0 Å². The first-order valence-corrected chi connectivity index (χ1v) is 7.84. The summed E-state index contributed by atoms with van der Waals surface area (Å²) in [5.74, 6) is -1.69. The van der Waals surface area contributed by atoms with E-state index in [1.807, 2.05) is 30.3 Å². The number of nitrogens with two attached hydrogens (primary N) is 1. The van der Waals surface area contributed by atoms with Gasteiger partial charge in [-0.05, 0) is 31.9 Å². The van der Waals surface area contributed by atoms with Crippen molar-refractivity contribution in [2.24, 2.45) is 5.73 Å². The molecule has 0 saturated heterocycles. The monoisotopic (exact) mass is 324 g/mol. The van der Waals surface area contributed by atoms with E-state index in [9.17, 15) is 9.59 Å². The Kier molecular flexibility index (Phi) is 11.6. The molecular weight excluding hydrogens is 296 g/mol. The van der Waals surface area contributed by atoms with Gasteiger partial charge in [0.15, 0.2) is 0 Å². The quantitative estimate of drug-likeness (QED) is 0.552. The molecule has 0 spiro atoms. The van der Waals surface area contributed by atoms with Crippen LogP contribution in [0.4, 0.5) is 0 Å². The molecule has 1 aromatic carbocycles. The summed E-state index contributed by atoms with van der Waals surface area (Å²) >= 11 is 0. The Morgan fingerprint density at radius 1 is 1.13 bits per heavy atom. The number of carboxylic acid groups (broad SMARTS) is 2. The molecule has 1 rings (SSSR count). The van der Waals surface area contributed by atoms with E-state index in [1.165, 1.54) is 0 Å². The van der Waals surface area contributed by atoms with Crippen molar-refractivity contribution in [3.8, 4) is 0 Å². The zero-order valence-electron chi connectivity index (χ0n) is 13.9. The molecule has 0 aliphatic rings. The number of unbranched alkanes of at least 4 members (excludes halogenated alkanes) is 1. The van der Waals surface area contributed by atoms with Gasteiger partial charge in [0.25, 0.3) is 0 Å². The highest BCUT2D eigenvalue weighted by Gasteiger charge is 2.12. The summed E-state index contributed by atoms with van der Waals surface area (Å²) in [4.78, 5) is 20.8. The summed E-state index contributed by atoms with van der Waals surface area (Å²) in [6.07, 6.45) is 3.94. The van der Waals surface area contributed by atoms with Crippen LogP contribution in [0.1, 0.15) is 38.2 Å². The SMILES string of the molecule is CCCC[C@H](NC)C(=O)O.N[C@@H](CCc1ccccc1)C(=O)O. The number of hydrogen-bond acceptors (Lipinski definition) is 4. The van der Waals surface area contributed by atoms with Crippen molar-refractivity contribution >= 4 is 11.9 Å². The van der Waals surface area contributed by atoms with Gasteiger partial charge in [-0.15, -0.1) is 0 Å². The molecule has 0 aliphatic carbocycles. The van der Waals surface area contributed by atoms with Crippen molar-refractivity contribution in [2.75, 3.05) is 7.05 Å². The number of likely N-dealkylation sites (N-methyl/N-ethyl adjacent to an activating group) is 1. The smallest absolute Gasteiger partial charge is 0.320 e. The first-order chi connectivity index (χ1) is 10.9. The van der Waals surface area contributed by atoms with Crippen LogP contribution in [0.25, 0.3) is 0 Å². The van der Waals surface area contributed by atoms with E-state index in [0.29, 0.717) is 12.8 Å². The number of nitrogens with one attached hydrogen (secondary N) is 1. The Balaban J connectivity index is 0.000000438. The number of aliphatic carboxylic acids is 2. The van der Waals surface area contributed by atoms with Crippen molar-refractivity contribution in [3.05, 3.63) is 35.9 Å². The van der Waals surface area contributed by atoms with Gasteiger partial charge in [0.2, 0.25) is 0 Å². The first kappa shape index (κ1) is 21.1. The highest BCUT2D eigenvalue weighted by molar-refractivity contribution is 5.73. The lowest BCUT2D eigenvalue weighted by Gasteiger charge is -2.08. The van der Waals surface area contributed by atoms with Crippen LogP contribution in [0.2, 0.25) is 0 Å². The van der Waals surface area contributed by atoms with Crippen molar-refractivity contribution < 1.29 is 19.8 Å². The van der Waals surface area contributed by atoms with Crippen LogP contribution >= 0.6 is 0 Å². The molecule has 0 heterocycles. The van der Waals surface area contributed by atoms with E-state index >= 15 is 0 Å². The highest BCUT2D eigenvalue weighted by atomic mass is 16.4. The normalized spacial score (nSPS) is 12.7. The zero-order chi connectivity index (χ0) is 17.7. The molecule has 0 unspecified atom stereocenters. The van der Waals surface area contributed by atoms with Crippen LogP contribution in [0.3, 0.4) is 0 Å². The predicted molar refractivity (Wildman–Crippen MR) is 90.4 cm³/mol. The fraction of sp³-hybridized carbons (Fsp3) is 0.529. The Morgan fingerprint density at radius 2 is 1.74 bits per heavy atom. The van der Waals surface area contributed by atoms with Gasteiger partial charge in [0.05, 0.1) is 0 Å². The molecule has 130 valence electrons. The molecule has 0 aromatic heterocycles. The third-order valence-corrected chi connectivity index (χ3v) is 3.40. The van der Waals surface area contributed by atoms with Gasteiger partial charge in [-0.1, -0.05) is 50.1 Å². The van der Waals surface area contributed by atoms with Crippen molar-refractivity contribution in [1.82, 2.24) is 5.32 Å². The minimum atomic E-state index is -0.934. The third-order valence-electron chi connectivity index (χ3n) is 3.40. The number of carboxylic acids is 2. The van der Waals surface area contributed by atoms with Gasteiger partial charge in [-0.3, -0.25) is 9.59 Å². The second-order valence-electron chi connectivity index (χ2n) is 5.29. The lowest BCUT2D eigenvalue weighted by molar-refractivity contribution is -0.140. The van der Waals surface area contributed by atoms with E-state index in [-0.39, 0.29) is 6.04 Å². The Bertz CT molecular complexity index is 451. The van der Waals surface area contributed by atoms with Crippen molar-refractivity contribution in [2.45, 2.75) is 51.1 Å². The Hall–Kier alpha value is -1.92. The standard InChI is InChI=1S/C10H13NO2.C7H15NO2/c11-9(10(12)13)7-6-8-4-2-1-3-5-8;1-3-4-5-6(8-2)7(9)10/h1-5,9H,6-7,11H2,(H,12,13);6,8H,3-5H2,1-2H3,(H,9,10)/t9-;6-/m00/s1. The Labute approximate surface area is 137 Å². The number of carbonyl (C=O) groups is 2. The summed E-state index contributed by atoms with van der Waals surface area (Å²) in [7, 11) is 1.68. The van der Waals surface area contributed by atoms with Crippen LogP contribution in [-0.2, 0) is 16.0 Å². The van der Waals surface area contributed by atoms with Crippen LogP contribution < -0.4 is 11.1 Å². The van der Waals surface area contributed by atoms with E-state index in [4.69, 9.17) is 15.9 Å². The van der Waals surface area contributed by atoms with E-state index in [2.05, 4.69) is 12.2 Å². The molecule has 6 nitrogen and oxygen atoms in total. The maximum absolute atomic E-state index is 10.4. The second kappa shape index (κ2) is 12.6. The molecule has 23 heavy (non-hydrogen) atoms. The van der Waals surface area contributed by atoms with Crippen molar-refractivity contribution in [1.29, 1.82) is 0 Å². The van der Waals surface area contributed by atoms with E-state index in [0.717, 1.165) is 24.8 Å². The fourth-order valence-corrected chi connectivity index (χ4v) is 1.89. The maximum atomic E-state index is 10.4. The largest absolute Gasteiger partial charge is 0.480 e. The molecule has 0 aliphatic heterocycles. The van der Waals surface area contributed by atoms with Crippen molar-refractivity contribution in [3.63, 3.8) is 0 Å². The molecule has 5 N–H and O–H groups in total. The van der Waals surface area contributed by atoms with Crippen LogP contribution in [-0.4, -0.2) is 41.3 Å². The predicted octanol–water partition coefficient (Wildman–Crippen LogP) is 1.88. The van der Waals surface area contributed by atoms with Crippen LogP contribution in [0, 0.1) is 0 Å². The molecule has 0 bridgehead atoms. The average Bonchev–Trinajstić information content (AvgIpc) is 2.54. The molecule has 0 amide bonds. The number of aryl methyl sites for hydroxylation is 1. The second-order valence-corrected chi connectivity index (χ2v) is 5.29. The minimum Gasteiger partial charge on any atom is -0.480 e. The topological polar surface area (TPSA) is 113 Å². The molecule has 2 atom stereocenters. The van der Waals surface area contributed by atoms with Gasteiger partial charge >= 0.3 is 11.9 Å².